The van der Waals surface area contributed by atoms with Crippen molar-refractivity contribution >= 4 is 5.78 Å². The summed E-state index contributed by atoms with van der Waals surface area (Å²) >= 11 is 0. The molecule has 0 amide bonds. The van der Waals surface area contributed by atoms with Gasteiger partial charge in [0.15, 0.2) is 17.1 Å². The van der Waals surface area contributed by atoms with Gasteiger partial charge in [-0.25, -0.2) is 0 Å². The third-order valence-corrected chi connectivity index (χ3v) is 7.55. The van der Waals surface area contributed by atoms with Gasteiger partial charge in [-0.3, -0.25) is 4.79 Å². The van der Waals surface area contributed by atoms with E-state index in [0.29, 0.717) is 24.2 Å². The van der Waals surface area contributed by atoms with Crippen molar-refractivity contribution in [2.45, 2.75) is 69.9 Å². The maximum atomic E-state index is 12.9. The lowest BCUT2D eigenvalue weighted by molar-refractivity contribution is -0.189. The first kappa shape index (κ1) is 20.8. The van der Waals surface area contributed by atoms with Crippen LogP contribution < -0.4 is 0 Å². The molecule has 160 valence electrons. The largest absolute Gasteiger partial charge is 0.392 e. The Morgan fingerprint density at radius 1 is 1.21 bits per heavy atom. The highest BCUT2D eigenvalue weighted by atomic mass is 16.5. The van der Waals surface area contributed by atoms with Gasteiger partial charge < -0.3 is 20.1 Å². The van der Waals surface area contributed by atoms with E-state index in [1.807, 2.05) is 33.8 Å². The zero-order valence-corrected chi connectivity index (χ0v) is 17.8. The van der Waals surface area contributed by atoms with Crippen LogP contribution in [-0.4, -0.2) is 56.8 Å². The Labute approximate surface area is 171 Å². The van der Waals surface area contributed by atoms with Crippen molar-refractivity contribution in [3.05, 3.63) is 23.3 Å². The van der Waals surface area contributed by atoms with Crippen LogP contribution in [0.4, 0.5) is 0 Å². The molecule has 0 aromatic rings. The standard InChI is InChI=1S/C22H32N2O5/c1-6-29-21-9-13(3)22(28)15(17(21)19(4,5)23-24-21)8-14(11-25)10-20(27)16(22)7-12(2)18(20)26/h7-8,12-13,15,17,25,27-28H,6,9-11H2,1-5H3/t12?,13-,15+,17-,20-,21?,22-/m1/s1. The van der Waals surface area contributed by atoms with Crippen LogP contribution in [0.3, 0.4) is 0 Å². The summed E-state index contributed by atoms with van der Waals surface area (Å²) in [6.45, 7) is 9.68. The van der Waals surface area contributed by atoms with E-state index >= 15 is 0 Å². The first-order valence-electron chi connectivity index (χ1n) is 10.6. The van der Waals surface area contributed by atoms with Crippen molar-refractivity contribution in [2.24, 2.45) is 33.9 Å². The highest BCUT2D eigenvalue weighted by Crippen LogP contribution is 2.63. The number of fused-ring (bicyclic) bond motifs is 5. The highest BCUT2D eigenvalue weighted by Gasteiger charge is 2.70. The predicted octanol–water partition coefficient (Wildman–Crippen LogP) is 2.17. The van der Waals surface area contributed by atoms with E-state index in [2.05, 4.69) is 10.2 Å². The van der Waals surface area contributed by atoms with Gasteiger partial charge in [0.1, 0.15) is 0 Å². The van der Waals surface area contributed by atoms with Crippen molar-refractivity contribution in [3.63, 3.8) is 0 Å². The third kappa shape index (κ3) is 2.54. The maximum absolute atomic E-state index is 12.9. The van der Waals surface area contributed by atoms with Gasteiger partial charge in [-0.1, -0.05) is 26.0 Å². The number of carbonyl (C=O) groups is 1. The van der Waals surface area contributed by atoms with Crippen LogP contribution in [0.2, 0.25) is 0 Å². The topological polar surface area (TPSA) is 112 Å². The molecule has 4 rings (SSSR count). The van der Waals surface area contributed by atoms with Gasteiger partial charge in [0.2, 0.25) is 0 Å². The van der Waals surface area contributed by atoms with Crippen LogP contribution in [0, 0.1) is 23.7 Å². The number of hydrogen-bond acceptors (Lipinski definition) is 7. The van der Waals surface area contributed by atoms with Gasteiger partial charge in [0.05, 0.1) is 17.7 Å². The Bertz CT molecular complexity index is 833. The minimum absolute atomic E-state index is 0.00684. The minimum atomic E-state index is -1.80. The number of aliphatic hydroxyl groups is 3. The second-order valence-corrected chi connectivity index (χ2v) is 9.82. The smallest absolute Gasteiger partial charge is 0.185 e. The molecular formula is C22H32N2O5. The van der Waals surface area contributed by atoms with E-state index in [4.69, 9.17) is 4.74 Å². The minimum Gasteiger partial charge on any atom is -0.392 e. The van der Waals surface area contributed by atoms with Gasteiger partial charge in [-0.05, 0) is 37.8 Å². The quantitative estimate of drug-likeness (QED) is 0.624. The molecule has 3 aliphatic carbocycles. The molecule has 4 aliphatic rings. The average Bonchev–Trinajstić information content (AvgIpc) is 2.99. The number of aliphatic hydroxyl groups excluding tert-OH is 1. The summed E-state index contributed by atoms with van der Waals surface area (Å²) in [5.41, 5.74) is -3.82. The monoisotopic (exact) mass is 404 g/mol. The number of ketones is 1. The van der Waals surface area contributed by atoms with Gasteiger partial charge >= 0.3 is 0 Å². The van der Waals surface area contributed by atoms with E-state index in [9.17, 15) is 20.1 Å². The number of hydrogen-bond donors (Lipinski definition) is 3. The number of azo groups is 1. The number of nitrogens with zero attached hydrogens (tertiary/aromatic N) is 2. The molecule has 0 bridgehead atoms. The molecule has 7 atom stereocenters. The van der Waals surface area contributed by atoms with Crippen LogP contribution in [0.5, 0.6) is 0 Å². The lowest BCUT2D eigenvalue weighted by atomic mass is 9.54. The Balaban J connectivity index is 1.96. The highest BCUT2D eigenvalue weighted by molar-refractivity contribution is 5.98. The molecule has 1 fully saturated rings. The Morgan fingerprint density at radius 3 is 2.52 bits per heavy atom. The molecule has 7 nitrogen and oxygen atoms in total. The zero-order chi connectivity index (χ0) is 21.4. The summed E-state index contributed by atoms with van der Waals surface area (Å²) in [5, 5.41) is 42.8. The lowest BCUT2D eigenvalue weighted by Crippen LogP contribution is -2.65. The maximum Gasteiger partial charge on any atom is 0.185 e. The Kier molecular flexibility index (Phi) is 4.53. The van der Waals surface area contributed by atoms with Crippen LogP contribution in [0.1, 0.15) is 47.5 Å². The van der Waals surface area contributed by atoms with Crippen LogP contribution in [-0.2, 0) is 9.53 Å². The van der Waals surface area contributed by atoms with Crippen LogP contribution in [0.15, 0.2) is 33.5 Å². The van der Waals surface area contributed by atoms with E-state index in [-0.39, 0.29) is 30.6 Å². The fraction of sp³-hybridized carbons (Fsp3) is 0.773. The number of allylic oxidation sites excluding steroid dienone is 1. The SMILES string of the molecule is CCOC12C[C@@H](C)[C@]3(O)C4=CC(C)C(=O)[C@@]4(O)CC(CO)=C[C@H]3[C@@H]1C(C)(C)N=N2. The number of Topliss-reactive ketones (excluding diaryl/α,β-unsaturated/α-hetero) is 1. The molecular weight excluding hydrogens is 372 g/mol. The van der Waals surface area contributed by atoms with Gasteiger partial charge in [0, 0.05) is 37.2 Å². The first-order valence-corrected chi connectivity index (χ1v) is 10.6. The summed E-state index contributed by atoms with van der Waals surface area (Å²) in [6.07, 6.45) is 4.00. The Hall–Kier alpha value is -1.41. The molecule has 0 radical (unpaired) electrons. The molecule has 1 heterocycles. The van der Waals surface area contributed by atoms with Crippen molar-refractivity contribution in [3.8, 4) is 0 Å². The second kappa shape index (κ2) is 6.30. The molecule has 0 saturated heterocycles. The van der Waals surface area contributed by atoms with Crippen molar-refractivity contribution in [1.29, 1.82) is 0 Å². The third-order valence-electron chi connectivity index (χ3n) is 7.55. The van der Waals surface area contributed by atoms with E-state index in [1.165, 1.54) is 0 Å². The molecule has 7 heteroatoms. The average molecular weight is 405 g/mol. The number of ether oxygens (including phenoxy) is 1. The van der Waals surface area contributed by atoms with Crippen molar-refractivity contribution in [1.82, 2.24) is 0 Å². The number of rotatable bonds is 3. The van der Waals surface area contributed by atoms with Crippen LogP contribution in [0.25, 0.3) is 0 Å². The molecule has 2 unspecified atom stereocenters. The normalized spacial score (nSPS) is 47.8. The van der Waals surface area contributed by atoms with Crippen LogP contribution >= 0.6 is 0 Å². The molecule has 0 spiro atoms. The van der Waals surface area contributed by atoms with E-state index in [1.54, 1.807) is 13.0 Å². The van der Waals surface area contributed by atoms with Crippen molar-refractivity contribution < 1.29 is 24.9 Å². The van der Waals surface area contributed by atoms with Gasteiger partial charge in [-0.2, -0.15) is 10.2 Å². The van der Waals surface area contributed by atoms with E-state index in [0.717, 1.165) is 0 Å². The summed E-state index contributed by atoms with van der Waals surface area (Å²) in [6, 6.07) is 0. The molecule has 0 aromatic carbocycles. The molecule has 29 heavy (non-hydrogen) atoms. The summed E-state index contributed by atoms with van der Waals surface area (Å²) < 4.78 is 6.17. The fourth-order valence-corrected chi connectivity index (χ4v) is 6.42. The summed E-state index contributed by atoms with van der Waals surface area (Å²) in [4.78, 5) is 12.9. The Morgan fingerprint density at radius 2 is 1.90 bits per heavy atom. The molecule has 1 aliphatic heterocycles. The van der Waals surface area contributed by atoms with Gasteiger partial charge in [-0.15, -0.1) is 0 Å². The summed E-state index contributed by atoms with van der Waals surface area (Å²) in [5.74, 6) is -1.96. The number of carbonyl (C=O) groups excluding carboxylic acids is 1. The lowest BCUT2D eigenvalue weighted by Gasteiger charge is -2.55. The van der Waals surface area contributed by atoms with E-state index < -0.39 is 34.3 Å². The molecule has 0 aromatic heterocycles. The van der Waals surface area contributed by atoms with Crippen molar-refractivity contribution in [2.75, 3.05) is 13.2 Å². The first-order chi connectivity index (χ1) is 13.5. The summed E-state index contributed by atoms with van der Waals surface area (Å²) in [7, 11) is 0. The molecule has 3 N–H and O–H groups in total. The van der Waals surface area contributed by atoms with Gasteiger partial charge in [0.25, 0.3) is 0 Å². The predicted molar refractivity (Wildman–Crippen MR) is 106 cm³/mol. The second-order valence-electron chi connectivity index (χ2n) is 9.82. The zero-order valence-electron chi connectivity index (χ0n) is 17.8. The molecule has 1 saturated carbocycles. The fourth-order valence-electron chi connectivity index (χ4n) is 6.42.